The molecule has 0 aliphatic heterocycles. The van der Waals surface area contributed by atoms with E-state index >= 15 is 0 Å². The minimum absolute atomic E-state index is 0.327. The number of halogens is 2. The molecular weight excluding hydrogens is 390 g/mol. The van der Waals surface area contributed by atoms with Gasteiger partial charge < -0.3 is 9.13 Å². The molecule has 0 saturated heterocycles. The highest BCUT2D eigenvalue weighted by Crippen LogP contribution is 2.16. The molecular formula is C22H18F2N4O2. The minimum Gasteiger partial charge on any atom is -0.303 e. The van der Waals surface area contributed by atoms with Crippen molar-refractivity contribution >= 4 is 12.6 Å². The van der Waals surface area contributed by atoms with Crippen molar-refractivity contribution in [1.82, 2.24) is 19.1 Å². The van der Waals surface area contributed by atoms with Crippen LogP contribution in [-0.2, 0) is 0 Å². The second-order valence-electron chi connectivity index (χ2n) is 6.48. The van der Waals surface area contributed by atoms with Gasteiger partial charge in [0.2, 0.25) is 0 Å². The molecule has 30 heavy (non-hydrogen) atoms. The monoisotopic (exact) mass is 408 g/mol. The van der Waals surface area contributed by atoms with Gasteiger partial charge >= 0.3 is 0 Å². The molecule has 0 spiro atoms. The molecule has 2 heterocycles. The number of benzene rings is 2. The molecule has 6 nitrogen and oxygen atoms in total. The van der Waals surface area contributed by atoms with E-state index in [1.54, 1.807) is 45.8 Å². The summed E-state index contributed by atoms with van der Waals surface area (Å²) in [5.41, 5.74) is 3.10. The Morgan fingerprint density at radius 2 is 1.47 bits per heavy atom. The molecule has 0 saturated carbocycles. The van der Waals surface area contributed by atoms with Crippen LogP contribution in [0, 0.1) is 25.5 Å². The summed E-state index contributed by atoms with van der Waals surface area (Å²) >= 11 is 0. The van der Waals surface area contributed by atoms with Gasteiger partial charge in [-0.3, -0.25) is 9.59 Å². The fourth-order valence-electron chi connectivity index (χ4n) is 2.76. The van der Waals surface area contributed by atoms with Gasteiger partial charge in [0.1, 0.15) is 24.2 Å². The lowest BCUT2D eigenvalue weighted by Gasteiger charge is -2.06. The molecule has 0 aliphatic carbocycles. The maximum Gasteiger partial charge on any atom is 0.150 e. The summed E-state index contributed by atoms with van der Waals surface area (Å²) in [6.45, 7) is 3.66. The van der Waals surface area contributed by atoms with Crippen LogP contribution >= 0.6 is 0 Å². The number of rotatable bonds is 4. The van der Waals surface area contributed by atoms with Crippen LogP contribution in [0.4, 0.5) is 8.78 Å². The Morgan fingerprint density at radius 1 is 0.867 bits per heavy atom. The Balaban J connectivity index is 0.000000171. The van der Waals surface area contributed by atoms with Crippen LogP contribution in [0.1, 0.15) is 32.1 Å². The zero-order valence-corrected chi connectivity index (χ0v) is 16.3. The number of aryl methyl sites for hydroxylation is 2. The van der Waals surface area contributed by atoms with Gasteiger partial charge in [0, 0.05) is 29.2 Å². The lowest BCUT2D eigenvalue weighted by atomic mass is 10.2. The van der Waals surface area contributed by atoms with E-state index in [1.807, 2.05) is 13.8 Å². The molecule has 0 bridgehead atoms. The fourth-order valence-corrected chi connectivity index (χ4v) is 2.76. The largest absolute Gasteiger partial charge is 0.303 e. The average Bonchev–Trinajstić information content (AvgIpc) is 3.36. The zero-order chi connectivity index (χ0) is 21.7. The van der Waals surface area contributed by atoms with Crippen molar-refractivity contribution in [2.45, 2.75) is 13.8 Å². The fraction of sp³-hybridized carbons (Fsp3) is 0.0909. The van der Waals surface area contributed by atoms with Crippen LogP contribution in [0.3, 0.4) is 0 Å². The van der Waals surface area contributed by atoms with Gasteiger partial charge in [0.25, 0.3) is 0 Å². The average molecular weight is 408 g/mol. The van der Waals surface area contributed by atoms with Crippen LogP contribution in [0.2, 0.25) is 0 Å². The summed E-state index contributed by atoms with van der Waals surface area (Å²) in [6.07, 6.45) is 7.67. The van der Waals surface area contributed by atoms with Crippen LogP contribution in [-0.4, -0.2) is 31.7 Å². The number of carbonyl (C=O) groups excluding carboxylic acids is 2. The van der Waals surface area contributed by atoms with Crippen molar-refractivity contribution in [3.8, 4) is 11.4 Å². The standard InChI is InChI=1S/2C11H9FN2O/c1-8-5-14(7-13-8)11-3-2-9(6-15)4-10(11)12;1-8-5-13-7-14(8)11-3-2-9(6-15)4-10(11)12/h2*2-7H,1H3. The first kappa shape index (κ1) is 20.8. The SMILES string of the molecule is Cc1cn(-c2ccc(C=O)cc2F)cn1.Cc1cncn1-c1ccc(C=O)cc1F. The molecule has 0 radical (unpaired) electrons. The van der Waals surface area contributed by atoms with Crippen molar-refractivity contribution in [3.63, 3.8) is 0 Å². The second kappa shape index (κ2) is 9.04. The smallest absolute Gasteiger partial charge is 0.150 e. The Morgan fingerprint density at radius 3 is 1.90 bits per heavy atom. The molecule has 0 fully saturated rings. The van der Waals surface area contributed by atoms with E-state index in [9.17, 15) is 18.4 Å². The quantitative estimate of drug-likeness (QED) is 0.473. The summed E-state index contributed by atoms with van der Waals surface area (Å²) < 4.78 is 30.3. The predicted molar refractivity (Wildman–Crippen MR) is 107 cm³/mol. The number of aromatic nitrogens is 4. The first-order valence-electron chi connectivity index (χ1n) is 8.92. The third-order valence-electron chi connectivity index (χ3n) is 4.29. The Labute approximate surface area is 171 Å². The summed E-state index contributed by atoms with van der Waals surface area (Å²) in [5, 5.41) is 0. The number of hydrogen-bond acceptors (Lipinski definition) is 4. The van der Waals surface area contributed by atoms with E-state index in [1.165, 1.54) is 24.8 Å². The summed E-state index contributed by atoms with van der Waals surface area (Å²) in [4.78, 5) is 28.8. The molecule has 0 atom stereocenters. The Kier molecular flexibility index (Phi) is 6.26. The Hall–Kier alpha value is -3.94. The predicted octanol–water partition coefficient (Wildman–Crippen LogP) is 4.26. The first-order chi connectivity index (χ1) is 14.4. The first-order valence-corrected chi connectivity index (χ1v) is 8.92. The van der Waals surface area contributed by atoms with Gasteiger partial charge in [-0.2, -0.15) is 0 Å². The lowest BCUT2D eigenvalue weighted by molar-refractivity contribution is 0.111. The maximum atomic E-state index is 13.6. The highest BCUT2D eigenvalue weighted by molar-refractivity contribution is 5.75. The second-order valence-corrected chi connectivity index (χ2v) is 6.48. The Bertz CT molecular complexity index is 1200. The molecule has 0 amide bonds. The highest BCUT2D eigenvalue weighted by atomic mass is 19.1. The molecule has 4 aromatic rings. The van der Waals surface area contributed by atoms with Gasteiger partial charge in [0.05, 0.1) is 29.7 Å². The third kappa shape index (κ3) is 4.54. The van der Waals surface area contributed by atoms with Crippen molar-refractivity contribution in [2.75, 3.05) is 0 Å². The van der Waals surface area contributed by atoms with Gasteiger partial charge in [-0.15, -0.1) is 0 Å². The van der Waals surface area contributed by atoms with E-state index in [2.05, 4.69) is 9.97 Å². The molecule has 0 aliphatic rings. The van der Waals surface area contributed by atoms with Gasteiger partial charge in [-0.05, 0) is 50.2 Å². The molecule has 0 N–H and O–H groups in total. The van der Waals surface area contributed by atoms with Gasteiger partial charge in [-0.1, -0.05) is 0 Å². The summed E-state index contributed by atoms with van der Waals surface area (Å²) in [5.74, 6) is -0.863. The molecule has 8 heteroatoms. The number of imidazole rings is 2. The number of carbonyl (C=O) groups is 2. The van der Waals surface area contributed by atoms with Gasteiger partial charge in [-0.25, -0.2) is 18.7 Å². The van der Waals surface area contributed by atoms with Crippen molar-refractivity contribution < 1.29 is 18.4 Å². The van der Waals surface area contributed by atoms with E-state index in [4.69, 9.17) is 0 Å². The number of hydrogen-bond donors (Lipinski definition) is 0. The molecule has 2 aromatic heterocycles. The topological polar surface area (TPSA) is 69.8 Å². The van der Waals surface area contributed by atoms with E-state index in [-0.39, 0.29) is 0 Å². The lowest BCUT2D eigenvalue weighted by Crippen LogP contribution is -1.99. The zero-order valence-electron chi connectivity index (χ0n) is 16.3. The van der Waals surface area contributed by atoms with E-state index in [0.717, 1.165) is 11.4 Å². The summed E-state index contributed by atoms with van der Waals surface area (Å²) in [7, 11) is 0. The van der Waals surface area contributed by atoms with Crippen LogP contribution in [0.5, 0.6) is 0 Å². The van der Waals surface area contributed by atoms with Gasteiger partial charge in [0.15, 0.2) is 0 Å². The molecule has 0 unspecified atom stereocenters. The van der Waals surface area contributed by atoms with Crippen LogP contribution < -0.4 is 0 Å². The minimum atomic E-state index is -0.433. The third-order valence-corrected chi connectivity index (χ3v) is 4.29. The molecule has 152 valence electrons. The molecule has 2 aromatic carbocycles. The molecule has 4 rings (SSSR count). The van der Waals surface area contributed by atoms with Crippen LogP contribution in [0.25, 0.3) is 11.4 Å². The van der Waals surface area contributed by atoms with Crippen LogP contribution in [0.15, 0.2) is 61.4 Å². The van der Waals surface area contributed by atoms with Crippen molar-refractivity contribution in [1.29, 1.82) is 0 Å². The van der Waals surface area contributed by atoms with E-state index in [0.29, 0.717) is 35.1 Å². The van der Waals surface area contributed by atoms with Crippen molar-refractivity contribution in [3.05, 3.63) is 95.6 Å². The number of aldehydes is 2. The van der Waals surface area contributed by atoms with Crippen molar-refractivity contribution in [2.24, 2.45) is 0 Å². The highest BCUT2D eigenvalue weighted by Gasteiger charge is 2.07. The maximum absolute atomic E-state index is 13.6. The normalized spacial score (nSPS) is 10.3. The van der Waals surface area contributed by atoms with E-state index < -0.39 is 11.6 Å². The summed E-state index contributed by atoms with van der Waals surface area (Å²) in [6, 6.07) is 8.68. The number of nitrogens with zero attached hydrogens (tertiary/aromatic N) is 4.